The molecular formula is C27H31ClN2O3. The molecule has 0 bridgehead atoms. The normalized spacial score (nSPS) is 17.2. The van der Waals surface area contributed by atoms with Crippen LogP contribution in [0.4, 0.5) is 11.4 Å². The van der Waals surface area contributed by atoms with Crippen molar-refractivity contribution in [1.29, 1.82) is 0 Å². The van der Waals surface area contributed by atoms with E-state index in [9.17, 15) is 0 Å². The molecule has 6 heteroatoms. The third-order valence-corrected chi connectivity index (χ3v) is 6.42. The quantitative estimate of drug-likeness (QED) is 0.446. The number of hydrogen-bond donors (Lipinski definition) is 0. The standard InChI is InChI=1S/C27H30N2O3.ClH/c1-30-23-12-14-24(15-13-23)31-18-17-28-16-6-8-22(28)19-29-25-9-3-2-7-21(25)20-32-27-11-5-4-10-26(27)29;/h2-5,7,9-15,22H,6,8,16-20H2,1H3;1H/t22-;/m1./s1. The average Bonchev–Trinajstić information content (AvgIpc) is 3.22. The van der Waals surface area contributed by atoms with E-state index in [-0.39, 0.29) is 12.4 Å². The molecule has 0 aromatic heterocycles. The highest BCUT2D eigenvalue weighted by Gasteiger charge is 2.29. The Labute approximate surface area is 202 Å². The number of benzene rings is 3. The SMILES string of the molecule is COc1ccc(OCCN2CCC[C@@H]2CN2c3ccccc3COc3ccccc32)cc1.Cl. The summed E-state index contributed by atoms with van der Waals surface area (Å²) >= 11 is 0. The van der Waals surface area contributed by atoms with Crippen LogP contribution in [0.5, 0.6) is 17.2 Å². The van der Waals surface area contributed by atoms with Crippen LogP contribution in [0.25, 0.3) is 0 Å². The third kappa shape index (κ3) is 5.21. The van der Waals surface area contributed by atoms with Crippen LogP contribution in [0.1, 0.15) is 18.4 Å². The maximum Gasteiger partial charge on any atom is 0.143 e. The van der Waals surface area contributed by atoms with Gasteiger partial charge in [-0.1, -0.05) is 30.3 Å². The summed E-state index contributed by atoms with van der Waals surface area (Å²) in [6, 6.07) is 25.3. The van der Waals surface area contributed by atoms with Gasteiger partial charge in [-0.15, -0.1) is 12.4 Å². The summed E-state index contributed by atoms with van der Waals surface area (Å²) in [6.45, 7) is 4.27. The Morgan fingerprint density at radius 3 is 2.45 bits per heavy atom. The second kappa shape index (κ2) is 10.8. The zero-order chi connectivity index (χ0) is 21.8. The van der Waals surface area contributed by atoms with Gasteiger partial charge in [-0.3, -0.25) is 4.90 Å². The number of para-hydroxylation sites is 3. The Morgan fingerprint density at radius 1 is 0.909 bits per heavy atom. The fourth-order valence-electron chi connectivity index (χ4n) is 4.74. The molecule has 1 atom stereocenters. The lowest BCUT2D eigenvalue weighted by atomic mass is 10.1. The van der Waals surface area contributed by atoms with E-state index in [1.807, 2.05) is 30.3 Å². The Hall–Kier alpha value is -2.89. The number of fused-ring (bicyclic) bond motifs is 2. The molecule has 3 aromatic carbocycles. The summed E-state index contributed by atoms with van der Waals surface area (Å²) < 4.78 is 17.4. The first-order chi connectivity index (χ1) is 15.8. The van der Waals surface area contributed by atoms with Crippen molar-refractivity contribution in [3.05, 3.63) is 78.4 Å². The molecule has 0 amide bonds. The van der Waals surface area contributed by atoms with Crippen LogP contribution in [0.2, 0.25) is 0 Å². The molecule has 0 radical (unpaired) electrons. The summed E-state index contributed by atoms with van der Waals surface area (Å²) in [6.07, 6.45) is 2.42. The minimum Gasteiger partial charge on any atom is -0.497 e. The minimum absolute atomic E-state index is 0. The van der Waals surface area contributed by atoms with Crippen LogP contribution < -0.4 is 19.1 Å². The van der Waals surface area contributed by atoms with Crippen molar-refractivity contribution in [2.75, 3.05) is 38.3 Å². The minimum atomic E-state index is 0. The van der Waals surface area contributed by atoms with Crippen molar-refractivity contribution >= 4 is 23.8 Å². The fourth-order valence-corrected chi connectivity index (χ4v) is 4.74. The van der Waals surface area contributed by atoms with Crippen LogP contribution in [0.15, 0.2) is 72.8 Å². The second-order valence-corrected chi connectivity index (χ2v) is 8.35. The lowest BCUT2D eigenvalue weighted by Gasteiger charge is -2.32. The van der Waals surface area contributed by atoms with Crippen molar-refractivity contribution in [3.63, 3.8) is 0 Å². The fraction of sp³-hybridized carbons (Fsp3) is 0.333. The number of anilines is 2. The van der Waals surface area contributed by atoms with Gasteiger partial charge in [0, 0.05) is 30.4 Å². The van der Waals surface area contributed by atoms with Gasteiger partial charge < -0.3 is 19.1 Å². The van der Waals surface area contributed by atoms with Gasteiger partial charge in [0.25, 0.3) is 0 Å². The summed E-state index contributed by atoms with van der Waals surface area (Å²) in [4.78, 5) is 5.02. The number of nitrogens with zero attached hydrogens (tertiary/aromatic N) is 2. The third-order valence-electron chi connectivity index (χ3n) is 6.42. The Kier molecular flexibility index (Phi) is 7.63. The van der Waals surface area contributed by atoms with Gasteiger partial charge in [0.15, 0.2) is 0 Å². The van der Waals surface area contributed by atoms with Gasteiger partial charge >= 0.3 is 0 Å². The van der Waals surface area contributed by atoms with Crippen molar-refractivity contribution in [2.45, 2.75) is 25.5 Å². The van der Waals surface area contributed by atoms with E-state index < -0.39 is 0 Å². The Balaban J connectivity index is 0.00000259. The first-order valence-electron chi connectivity index (χ1n) is 11.4. The number of rotatable bonds is 7. The Bertz CT molecular complexity index is 996. The van der Waals surface area contributed by atoms with Gasteiger partial charge in [-0.05, 0) is 61.9 Å². The van der Waals surface area contributed by atoms with Gasteiger partial charge in [-0.2, -0.15) is 0 Å². The van der Waals surface area contributed by atoms with Crippen molar-refractivity contribution < 1.29 is 14.2 Å². The second-order valence-electron chi connectivity index (χ2n) is 8.35. The summed E-state index contributed by atoms with van der Waals surface area (Å²) in [5.74, 6) is 2.68. The molecule has 2 aliphatic heterocycles. The molecule has 1 fully saturated rings. The van der Waals surface area contributed by atoms with Crippen LogP contribution in [0, 0.1) is 0 Å². The monoisotopic (exact) mass is 466 g/mol. The predicted octanol–water partition coefficient (Wildman–Crippen LogP) is 5.69. The summed E-state index contributed by atoms with van der Waals surface area (Å²) in [5.41, 5.74) is 3.63. The highest BCUT2D eigenvalue weighted by atomic mass is 35.5. The van der Waals surface area contributed by atoms with Crippen LogP contribution >= 0.6 is 12.4 Å². The maximum atomic E-state index is 6.14. The zero-order valence-electron chi connectivity index (χ0n) is 19.0. The zero-order valence-corrected chi connectivity index (χ0v) is 19.8. The largest absolute Gasteiger partial charge is 0.497 e. The molecule has 0 N–H and O–H groups in total. The topological polar surface area (TPSA) is 34.2 Å². The molecule has 0 saturated carbocycles. The highest BCUT2D eigenvalue weighted by molar-refractivity contribution is 5.85. The number of likely N-dealkylation sites (tertiary alicyclic amines) is 1. The summed E-state index contributed by atoms with van der Waals surface area (Å²) in [5, 5.41) is 0. The molecule has 33 heavy (non-hydrogen) atoms. The molecule has 0 spiro atoms. The molecule has 3 aromatic rings. The molecule has 2 heterocycles. The number of halogens is 1. The number of ether oxygens (including phenoxy) is 3. The van der Waals surface area contributed by atoms with E-state index >= 15 is 0 Å². The molecular weight excluding hydrogens is 436 g/mol. The van der Waals surface area contributed by atoms with E-state index in [2.05, 4.69) is 52.3 Å². The lowest BCUT2D eigenvalue weighted by Crippen LogP contribution is -2.40. The number of hydrogen-bond acceptors (Lipinski definition) is 5. The Morgan fingerprint density at radius 2 is 1.64 bits per heavy atom. The van der Waals surface area contributed by atoms with Gasteiger partial charge in [0.1, 0.15) is 30.5 Å². The van der Waals surface area contributed by atoms with E-state index in [0.717, 1.165) is 42.6 Å². The van der Waals surface area contributed by atoms with Crippen LogP contribution in [0.3, 0.4) is 0 Å². The molecule has 5 rings (SSSR count). The van der Waals surface area contributed by atoms with Gasteiger partial charge in [-0.25, -0.2) is 0 Å². The summed E-state index contributed by atoms with van der Waals surface area (Å²) in [7, 11) is 1.68. The smallest absolute Gasteiger partial charge is 0.143 e. The molecule has 2 aliphatic rings. The van der Waals surface area contributed by atoms with Crippen molar-refractivity contribution in [2.24, 2.45) is 0 Å². The molecule has 1 saturated heterocycles. The van der Waals surface area contributed by atoms with Crippen LogP contribution in [-0.4, -0.2) is 44.3 Å². The molecule has 5 nitrogen and oxygen atoms in total. The van der Waals surface area contributed by atoms with E-state index in [1.165, 1.54) is 24.1 Å². The highest BCUT2D eigenvalue weighted by Crippen LogP contribution is 2.40. The molecule has 174 valence electrons. The predicted molar refractivity (Wildman–Crippen MR) is 135 cm³/mol. The van der Waals surface area contributed by atoms with Gasteiger partial charge in [0.05, 0.1) is 12.8 Å². The first kappa shape index (κ1) is 23.3. The lowest BCUT2D eigenvalue weighted by molar-refractivity contribution is 0.199. The van der Waals surface area contributed by atoms with Gasteiger partial charge in [0.2, 0.25) is 0 Å². The van der Waals surface area contributed by atoms with E-state index in [1.54, 1.807) is 7.11 Å². The molecule has 0 aliphatic carbocycles. The van der Waals surface area contributed by atoms with Crippen molar-refractivity contribution in [3.8, 4) is 17.2 Å². The van der Waals surface area contributed by atoms with E-state index in [0.29, 0.717) is 19.3 Å². The van der Waals surface area contributed by atoms with Crippen molar-refractivity contribution in [1.82, 2.24) is 4.90 Å². The average molecular weight is 467 g/mol. The molecule has 0 unspecified atom stereocenters. The van der Waals surface area contributed by atoms with Crippen LogP contribution in [-0.2, 0) is 6.61 Å². The number of methoxy groups -OCH3 is 1. The maximum absolute atomic E-state index is 6.14. The van der Waals surface area contributed by atoms with E-state index in [4.69, 9.17) is 14.2 Å². The first-order valence-corrected chi connectivity index (χ1v) is 11.4.